The first-order chi connectivity index (χ1) is 12.3. The van der Waals surface area contributed by atoms with E-state index in [0.717, 1.165) is 41.5 Å². The molecular weight excluding hydrogens is 348 g/mol. The molecule has 0 N–H and O–H groups in total. The minimum Gasteiger partial charge on any atom is -0.311 e. The van der Waals surface area contributed by atoms with Crippen molar-refractivity contribution in [3.05, 3.63) is 59.2 Å². The summed E-state index contributed by atoms with van der Waals surface area (Å²) in [7, 11) is -3.57. The molecule has 1 amide bonds. The second-order valence-electron chi connectivity index (χ2n) is 6.82. The molecule has 1 aliphatic rings. The summed E-state index contributed by atoms with van der Waals surface area (Å²) in [6, 6.07) is 13.3. The lowest BCUT2D eigenvalue weighted by atomic mass is 10.0. The third kappa shape index (κ3) is 3.75. The number of rotatable bonds is 4. The number of hydrogen-bond donors (Lipinski definition) is 0. The van der Waals surface area contributed by atoms with Gasteiger partial charge in [-0.3, -0.25) is 9.10 Å². The van der Waals surface area contributed by atoms with Crippen LogP contribution in [0.4, 0.5) is 11.4 Å². The highest BCUT2D eigenvalue weighted by Gasteiger charge is 2.27. The van der Waals surface area contributed by atoms with Crippen molar-refractivity contribution in [3.8, 4) is 0 Å². The van der Waals surface area contributed by atoms with Gasteiger partial charge in [0.2, 0.25) is 15.9 Å². The first-order valence-corrected chi connectivity index (χ1v) is 10.6. The van der Waals surface area contributed by atoms with Crippen LogP contribution in [0.15, 0.2) is 42.5 Å². The Morgan fingerprint density at radius 2 is 1.85 bits per heavy atom. The van der Waals surface area contributed by atoms with Crippen LogP contribution in [0.25, 0.3) is 0 Å². The first kappa shape index (κ1) is 18.5. The number of carbonyl (C=O) groups excluding carboxylic acids is 1. The quantitative estimate of drug-likeness (QED) is 0.829. The van der Waals surface area contributed by atoms with E-state index in [4.69, 9.17) is 0 Å². The van der Waals surface area contributed by atoms with Gasteiger partial charge in [-0.1, -0.05) is 24.3 Å². The molecule has 2 aromatic rings. The number of benzene rings is 2. The van der Waals surface area contributed by atoms with Crippen molar-refractivity contribution in [3.63, 3.8) is 0 Å². The van der Waals surface area contributed by atoms with E-state index in [0.29, 0.717) is 12.2 Å². The fraction of sp³-hybridized carbons (Fsp3) is 0.350. The van der Waals surface area contributed by atoms with E-state index < -0.39 is 10.0 Å². The largest absolute Gasteiger partial charge is 0.311 e. The third-order valence-corrected chi connectivity index (χ3v) is 6.01. The molecular formula is C20H24N2O3S. The predicted molar refractivity (Wildman–Crippen MR) is 105 cm³/mol. The minimum absolute atomic E-state index is 0.199. The summed E-state index contributed by atoms with van der Waals surface area (Å²) in [5, 5.41) is 0. The Bertz CT molecular complexity index is 938. The van der Waals surface area contributed by atoms with Gasteiger partial charge in [-0.05, 0) is 61.6 Å². The molecule has 0 saturated heterocycles. The average molecular weight is 372 g/mol. The van der Waals surface area contributed by atoms with Gasteiger partial charge in [-0.2, -0.15) is 0 Å². The number of anilines is 2. The Morgan fingerprint density at radius 3 is 2.54 bits per heavy atom. The van der Waals surface area contributed by atoms with Crippen LogP contribution in [0.5, 0.6) is 0 Å². The van der Waals surface area contributed by atoms with E-state index in [9.17, 15) is 13.2 Å². The molecule has 0 atom stereocenters. The molecule has 1 heterocycles. The van der Waals surface area contributed by atoms with Crippen LogP contribution in [0.3, 0.4) is 0 Å². The molecule has 26 heavy (non-hydrogen) atoms. The van der Waals surface area contributed by atoms with Crippen molar-refractivity contribution in [1.82, 2.24) is 0 Å². The predicted octanol–water partition coefficient (Wildman–Crippen LogP) is 3.05. The van der Waals surface area contributed by atoms with Crippen molar-refractivity contribution < 1.29 is 13.2 Å². The molecule has 0 bridgehead atoms. The van der Waals surface area contributed by atoms with Gasteiger partial charge in [-0.15, -0.1) is 0 Å². The lowest BCUT2D eigenvalue weighted by molar-refractivity contribution is -0.117. The van der Waals surface area contributed by atoms with E-state index in [2.05, 4.69) is 0 Å². The zero-order valence-electron chi connectivity index (χ0n) is 15.4. The van der Waals surface area contributed by atoms with E-state index in [1.54, 1.807) is 11.0 Å². The highest BCUT2D eigenvalue weighted by molar-refractivity contribution is 7.92. The molecule has 0 radical (unpaired) electrons. The Labute approximate surface area is 155 Å². The molecule has 2 aromatic carbocycles. The zero-order valence-corrected chi connectivity index (χ0v) is 16.2. The molecule has 138 valence electrons. The number of carbonyl (C=O) groups is 1. The maximum absolute atomic E-state index is 13.0. The van der Waals surface area contributed by atoms with Gasteiger partial charge in [0.15, 0.2) is 0 Å². The number of hydrogen-bond acceptors (Lipinski definition) is 3. The number of sulfonamides is 1. The van der Waals surface area contributed by atoms with Crippen LogP contribution in [-0.4, -0.2) is 33.7 Å². The topological polar surface area (TPSA) is 57.7 Å². The standard InChI is InChI=1S/C20H24N2O3S/c1-15-10-11-18(13-16(15)2)22(26(3,24)25)14-20(23)21-12-6-8-17-7-4-5-9-19(17)21/h4-5,7,9-11,13H,6,8,12,14H2,1-3H3. The van der Waals surface area contributed by atoms with Gasteiger partial charge in [0.25, 0.3) is 0 Å². The van der Waals surface area contributed by atoms with Crippen molar-refractivity contribution in [2.45, 2.75) is 26.7 Å². The molecule has 3 rings (SSSR count). The second kappa shape index (κ2) is 7.11. The number of fused-ring (bicyclic) bond motifs is 1. The van der Waals surface area contributed by atoms with E-state index in [-0.39, 0.29) is 12.5 Å². The van der Waals surface area contributed by atoms with Crippen molar-refractivity contribution >= 4 is 27.3 Å². The number of amides is 1. The fourth-order valence-corrected chi connectivity index (χ4v) is 4.12. The summed E-state index contributed by atoms with van der Waals surface area (Å²) in [6.45, 7) is 4.32. The van der Waals surface area contributed by atoms with Crippen molar-refractivity contribution in [1.29, 1.82) is 0 Å². The second-order valence-corrected chi connectivity index (χ2v) is 8.72. The molecule has 0 unspecified atom stereocenters. The van der Waals surface area contributed by atoms with Gasteiger partial charge in [0, 0.05) is 12.2 Å². The van der Waals surface area contributed by atoms with Crippen LogP contribution in [0.2, 0.25) is 0 Å². The number of aryl methyl sites for hydroxylation is 3. The fourth-order valence-electron chi connectivity index (χ4n) is 3.28. The van der Waals surface area contributed by atoms with Crippen molar-refractivity contribution in [2.75, 3.05) is 28.6 Å². The van der Waals surface area contributed by atoms with Crippen LogP contribution in [0.1, 0.15) is 23.1 Å². The Hall–Kier alpha value is -2.34. The summed E-state index contributed by atoms with van der Waals surface area (Å²) in [6.07, 6.45) is 2.96. The SMILES string of the molecule is Cc1ccc(N(CC(=O)N2CCCc3ccccc32)S(C)(=O)=O)cc1C. The zero-order chi connectivity index (χ0) is 18.9. The lowest BCUT2D eigenvalue weighted by Gasteiger charge is -2.32. The van der Waals surface area contributed by atoms with Crippen LogP contribution in [0, 0.1) is 13.8 Å². The van der Waals surface area contributed by atoms with E-state index >= 15 is 0 Å². The summed E-state index contributed by atoms with van der Waals surface area (Å²) < 4.78 is 25.9. The maximum atomic E-state index is 13.0. The monoisotopic (exact) mass is 372 g/mol. The molecule has 0 saturated carbocycles. The lowest BCUT2D eigenvalue weighted by Crippen LogP contribution is -2.44. The molecule has 0 spiro atoms. The highest BCUT2D eigenvalue weighted by Crippen LogP contribution is 2.28. The molecule has 5 nitrogen and oxygen atoms in total. The van der Waals surface area contributed by atoms with E-state index in [1.807, 2.05) is 50.2 Å². The Morgan fingerprint density at radius 1 is 1.12 bits per heavy atom. The van der Waals surface area contributed by atoms with Gasteiger partial charge >= 0.3 is 0 Å². The minimum atomic E-state index is -3.57. The summed E-state index contributed by atoms with van der Waals surface area (Å²) in [4.78, 5) is 14.7. The van der Waals surface area contributed by atoms with Crippen LogP contribution in [-0.2, 0) is 21.2 Å². The Kier molecular flexibility index (Phi) is 5.05. The van der Waals surface area contributed by atoms with Gasteiger partial charge in [0.1, 0.15) is 6.54 Å². The molecule has 6 heteroatoms. The third-order valence-electron chi connectivity index (χ3n) is 4.87. The maximum Gasteiger partial charge on any atom is 0.247 e. The van der Waals surface area contributed by atoms with Gasteiger partial charge < -0.3 is 4.90 Å². The molecule has 0 aromatic heterocycles. The molecule has 0 fully saturated rings. The van der Waals surface area contributed by atoms with Crippen LogP contribution < -0.4 is 9.21 Å². The van der Waals surface area contributed by atoms with Crippen molar-refractivity contribution in [2.24, 2.45) is 0 Å². The smallest absolute Gasteiger partial charge is 0.247 e. The summed E-state index contributed by atoms with van der Waals surface area (Å²) in [5.74, 6) is -0.208. The highest BCUT2D eigenvalue weighted by atomic mass is 32.2. The van der Waals surface area contributed by atoms with Gasteiger partial charge in [0.05, 0.1) is 11.9 Å². The summed E-state index contributed by atoms with van der Waals surface area (Å²) >= 11 is 0. The number of nitrogens with zero attached hydrogens (tertiary/aromatic N) is 2. The van der Waals surface area contributed by atoms with E-state index in [1.165, 1.54) is 4.31 Å². The normalized spacial score (nSPS) is 14.0. The van der Waals surface area contributed by atoms with Crippen LogP contribution >= 0.6 is 0 Å². The number of para-hydroxylation sites is 1. The molecule has 0 aliphatic carbocycles. The molecule has 1 aliphatic heterocycles. The Balaban J connectivity index is 1.91. The average Bonchev–Trinajstić information content (AvgIpc) is 2.60. The first-order valence-electron chi connectivity index (χ1n) is 8.70. The summed E-state index contributed by atoms with van der Waals surface area (Å²) in [5.41, 5.74) is 4.61. The van der Waals surface area contributed by atoms with Gasteiger partial charge in [-0.25, -0.2) is 8.42 Å².